The fourth-order valence-electron chi connectivity index (χ4n) is 4.99. The second-order valence-electron chi connectivity index (χ2n) is 9.53. The third kappa shape index (κ3) is 5.27. The van der Waals surface area contributed by atoms with Gasteiger partial charge in [-0.15, -0.1) is 0 Å². The number of amides is 1. The number of alkyl halides is 2. The van der Waals surface area contributed by atoms with Crippen molar-refractivity contribution in [2.75, 3.05) is 31.2 Å². The summed E-state index contributed by atoms with van der Waals surface area (Å²) in [6.07, 6.45) is 1.15. The van der Waals surface area contributed by atoms with Crippen LogP contribution in [0.5, 0.6) is 0 Å². The molecule has 3 N–H and O–H groups in total. The van der Waals surface area contributed by atoms with Gasteiger partial charge in [0, 0.05) is 30.9 Å². The van der Waals surface area contributed by atoms with E-state index in [0.717, 1.165) is 24.6 Å². The summed E-state index contributed by atoms with van der Waals surface area (Å²) in [7, 11) is 0. The molecule has 37 heavy (non-hydrogen) atoms. The minimum atomic E-state index is -2.95. The quantitative estimate of drug-likeness (QED) is 0.442. The number of carbonyl (C=O) groups excluding carboxylic acids is 1. The van der Waals surface area contributed by atoms with E-state index in [4.69, 9.17) is 4.74 Å². The first kappa shape index (κ1) is 25.4. The summed E-state index contributed by atoms with van der Waals surface area (Å²) >= 11 is 0. The first-order valence-electron chi connectivity index (χ1n) is 12.3. The molecule has 0 radical (unpaired) electrons. The highest BCUT2D eigenvalue weighted by atomic mass is 19.3. The number of aliphatic hydroxyl groups excluding tert-OH is 1. The highest BCUT2D eigenvalue weighted by molar-refractivity contribution is 5.96. The number of aromatic nitrogens is 3. The Bertz CT molecular complexity index is 1260. The number of hydrogen-bond acceptors (Lipinski definition) is 7. The fourth-order valence-corrected chi connectivity index (χ4v) is 4.99. The van der Waals surface area contributed by atoms with Crippen molar-refractivity contribution in [1.29, 1.82) is 0 Å². The molecule has 2 aliphatic rings. The number of nitrogens with zero attached hydrogens (tertiary/aromatic N) is 4. The van der Waals surface area contributed by atoms with E-state index in [-0.39, 0.29) is 23.2 Å². The van der Waals surface area contributed by atoms with E-state index >= 15 is 0 Å². The number of carbonyl (C=O) groups is 1. The SMILES string of the molecule is C[C@@H](NC(=O)c1cc(N2CCC(NC3COC[C@@H]3O)CC2)c2ncnn2c1)c1cccc(C(F)F)c1F. The fraction of sp³-hybridized carbons (Fsp3) is 0.480. The molecule has 3 atom stereocenters. The average molecular weight is 519 g/mol. The van der Waals surface area contributed by atoms with Gasteiger partial charge in [-0.1, -0.05) is 18.2 Å². The molecular formula is C25H29F3N6O3. The van der Waals surface area contributed by atoms with Crippen LogP contribution in [0.1, 0.15) is 53.7 Å². The molecule has 2 fully saturated rings. The van der Waals surface area contributed by atoms with Crippen LogP contribution in [0, 0.1) is 5.82 Å². The lowest BCUT2D eigenvalue weighted by Crippen LogP contribution is -2.49. The number of nitrogens with one attached hydrogen (secondary N) is 2. The van der Waals surface area contributed by atoms with Crippen LogP contribution in [0.15, 0.2) is 36.8 Å². The maximum atomic E-state index is 14.6. The van der Waals surface area contributed by atoms with Gasteiger partial charge in [0.2, 0.25) is 0 Å². The summed E-state index contributed by atoms with van der Waals surface area (Å²) in [6.45, 7) is 3.80. The first-order valence-corrected chi connectivity index (χ1v) is 12.3. The topological polar surface area (TPSA) is 104 Å². The third-order valence-electron chi connectivity index (χ3n) is 7.06. The van der Waals surface area contributed by atoms with Crippen molar-refractivity contribution in [3.8, 4) is 0 Å². The molecule has 4 heterocycles. The van der Waals surface area contributed by atoms with Crippen molar-refractivity contribution in [2.45, 2.75) is 50.4 Å². The molecule has 2 saturated heterocycles. The smallest absolute Gasteiger partial charge is 0.266 e. The minimum absolute atomic E-state index is 0.0134. The van der Waals surface area contributed by atoms with Crippen molar-refractivity contribution in [3.63, 3.8) is 0 Å². The molecule has 1 unspecified atom stereocenters. The molecule has 0 spiro atoms. The van der Waals surface area contributed by atoms with E-state index in [9.17, 15) is 23.1 Å². The van der Waals surface area contributed by atoms with Crippen molar-refractivity contribution >= 4 is 17.2 Å². The van der Waals surface area contributed by atoms with Crippen LogP contribution in [-0.4, -0.2) is 70.1 Å². The molecule has 2 aromatic heterocycles. The lowest BCUT2D eigenvalue weighted by molar-refractivity contribution is 0.0938. The molecule has 2 aliphatic heterocycles. The lowest BCUT2D eigenvalue weighted by atomic mass is 10.0. The van der Waals surface area contributed by atoms with Gasteiger partial charge in [-0.05, 0) is 25.8 Å². The standard InChI is InChI=1S/C25H29F3N6O3/c1-14(17-3-2-4-18(22(17)26)23(27)28)31-25(36)15-9-20(24-29-13-30-34(24)10-15)33-7-5-16(6-8-33)32-19-11-37-12-21(19)35/h2-4,9-10,13-14,16,19,21,23,32,35H,5-8,11-12H2,1H3,(H,31,36)/t14-,19?,21+/m1/s1. The van der Waals surface area contributed by atoms with Crippen LogP contribution >= 0.6 is 0 Å². The molecule has 1 aromatic carbocycles. The molecule has 1 amide bonds. The molecule has 0 aliphatic carbocycles. The number of anilines is 1. The molecule has 198 valence electrons. The molecule has 0 saturated carbocycles. The summed E-state index contributed by atoms with van der Waals surface area (Å²) in [5.41, 5.74) is 0.924. The van der Waals surface area contributed by atoms with Crippen LogP contribution in [0.4, 0.5) is 18.9 Å². The van der Waals surface area contributed by atoms with Gasteiger partial charge in [-0.25, -0.2) is 22.7 Å². The summed E-state index contributed by atoms with van der Waals surface area (Å²) < 4.78 is 47.7. The number of fused-ring (bicyclic) bond motifs is 1. The number of piperidine rings is 1. The van der Waals surface area contributed by atoms with Crippen molar-refractivity contribution in [2.24, 2.45) is 0 Å². The second-order valence-corrected chi connectivity index (χ2v) is 9.53. The highest BCUT2D eigenvalue weighted by Crippen LogP contribution is 2.29. The predicted octanol–water partition coefficient (Wildman–Crippen LogP) is 2.62. The van der Waals surface area contributed by atoms with Crippen molar-refractivity contribution in [3.05, 3.63) is 59.3 Å². The summed E-state index contributed by atoms with van der Waals surface area (Å²) in [5.74, 6) is -1.51. The Morgan fingerprint density at radius 2 is 1.97 bits per heavy atom. The normalized spacial score (nSPS) is 21.6. The lowest BCUT2D eigenvalue weighted by Gasteiger charge is -2.35. The first-order chi connectivity index (χ1) is 17.8. The van der Waals surface area contributed by atoms with Gasteiger partial charge in [0.1, 0.15) is 12.1 Å². The number of pyridine rings is 1. The Morgan fingerprint density at radius 1 is 1.22 bits per heavy atom. The summed E-state index contributed by atoms with van der Waals surface area (Å²) in [6, 6.07) is 4.82. The Labute approximate surface area is 211 Å². The highest BCUT2D eigenvalue weighted by Gasteiger charge is 2.30. The molecule has 9 nitrogen and oxygen atoms in total. The Balaban J connectivity index is 1.31. The van der Waals surface area contributed by atoms with E-state index < -0.39 is 35.9 Å². The van der Waals surface area contributed by atoms with Gasteiger partial charge in [-0.3, -0.25) is 4.79 Å². The van der Waals surface area contributed by atoms with Crippen molar-refractivity contribution in [1.82, 2.24) is 25.2 Å². The summed E-state index contributed by atoms with van der Waals surface area (Å²) in [5, 5.41) is 20.4. The number of ether oxygens (including phenoxy) is 1. The van der Waals surface area contributed by atoms with E-state index in [1.54, 1.807) is 13.0 Å². The number of halogens is 3. The zero-order chi connectivity index (χ0) is 26.1. The van der Waals surface area contributed by atoms with Gasteiger partial charge in [-0.2, -0.15) is 5.10 Å². The van der Waals surface area contributed by atoms with Crippen LogP contribution in [-0.2, 0) is 4.74 Å². The van der Waals surface area contributed by atoms with Crippen LogP contribution < -0.4 is 15.5 Å². The molecule has 0 bridgehead atoms. The zero-order valence-electron chi connectivity index (χ0n) is 20.3. The maximum absolute atomic E-state index is 14.6. The molecular weight excluding hydrogens is 489 g/mol. The van der Waals surface area contributed by atoms with Crippen LogP contribution in [0.2, 0.25) is 0 Å². The van der Waals surface area contributed by atoms with Crippen molar-refractivity contribution < 1.29 is 27.8 Å². The average Bonchev–Trinajstić information content (AvgIpc) is 3.52. The van der Waals surface area contributed by atoms with E-state index in [2.05, 4.69) is 25.6 Å². The third-order valence-corrected chi connectivity index (χ3v) is 7.06. The number of benzene rings is 1. The second kappa shape index (κ2) is 10.6. The predicted molar refractivity (Wildman–Crippen MR) is 129 cm³/mol. The van der Waals surface area contributed by atoms with E-state index in [0.29, 0.717) is 32.0 Å². The number of rotatable bonds is 7. The van der Waals surface area contributed by atoms with Gasteiger partial charge >= 0.3 is 0 Å². The monoisotopic (exact) mass is 518 g/mol. The van der Waals surface area contributed by atoms with Gasteiger partial charge in [0.05, 0.1) is 48.2 Å². The van der Waals surface area contributed by atoms with Crippen LogP contribution in [0.3, 0.4) is 0 Å². The summed E-state index contributed by atoms with van der Waals surface area (Å²) in [4.78, 5) is 19.6. The largest absolute Gasteiger partial charge is 0.389 e. The van der Waals surface area contributed by atoms with Gasteiger partial charge < -0.3 is 25.4 Å². The zero-order valence-corrected chi connectivity index (χ0v) is 20.3. The van der Waals surface area contributed by atoms with Gasteiger partial charge in [0.15, 0.2) is 5.65 Å². The molecule has 5 rings (SSSR count). The number of hydrogen-bond donors (Lipinski definition) is 3. The van der Waals surface area contributed by atoms with E-state index in [1.165, 1.54) is 29.2 Å². The minimum Gasteiger partial charge on any atom is -0.389 e. The number of aliphatic hydroxyl groups is 1. The van der Waals surface area contributed by atoms with E-state index in [1.807, 2.05) is 0 Å². The maximum Gasteiger partial charge on any atom is 0.266 e. The molecule has 12 heteroatoms. The van der Waals surface area contributed by atoms with Gasteiger partial charge in [0.25, 0.3) is 12.3 Å². The Kier molecular flexibility index (Phi) is 7.31. The molecule has 3 aromatic rings. The Morgan fingerprint density at radius 3 is 2.68 bits per heavy atom. The van der Waals surface area contributed by atoms with Crippen LogP contribution in [0.25, 0.3) is 5.65 Å². The Hall–Kier alpha value is -3.22.